The summed E-state index contributed by atoms with van der Waals surface area (Å²) in [6.45, 7) is 0.658. The molecule has 2 unspecified atom stereocenters. The maximum absolute atomic E-state index is 12.1. The summed E-state index contributed by atoms with van der Waals surface area (Å²) in [5, 5.41) is 3.13. The highest BCUT2D eigenvalue weighted by Crippen LogP contribution is 2.32. The molecule has 0 spiro atoms. The molecule has 1 amide bonds. The van der Waals surface area contributed by atoms with Crippen LogP contribution in [0.15, 0.2) is 23.1 Å². The monoisotopic (exact) mass is 374 g/mol. The molecule has 1 aliphatic rings. The molecule has 2 rings (SSSR count). The van der Waals surface area contributed by atoms with Gasteiger partial charge in [-0.05, 0) is 43.5 Å². The van der Waals surface area contributed by atoms with E-state index < -0.39 is 0 Å². The number of carbonyl (C=O) groups is 1. The van der Waals surface area contributed by atoms with E-state index in [9.17, 15) is 4.79 Å². The van der Waals surface area contributed by atoms with Gasteiger partial charge in [-0.1, -0.05) is 6.42 Å². The lowest BCUT2D eigenvalue weighted by Gasteiger charge is -2.19. The molecule has 5 nitrogen and oxygen atoms in total. The summed E-state index contributed by atoms with van der Waals surface area (Å²) in [4.78, 5) is 13.1. The number of hydrogen-bond acceptors (Lipinski definition) is 5. The minimum absolute atomic E-state index is 0. The molecule has 1 aliphatic carbocycles. The third kappa shape index (κ3) is 5.76. The number of ether oxygens (including phenoxy) is 2. The highest BCUT2D eigenvalue weighted by molar-refractivity contribution is 7.99. The molecule has 2 atom stereocenters. The van der Waals surface area contributed by atoms with Gasteiger partial charge in [0.15, 0.2) is 11.5 Å². The van der Waals surface area contributed by atoms with Crippen LogP contribution in [0.5, 0.6) is 11.5 Å². The zero-order chi connectivity index (χ0) is 16.7. The molecule has 0 heterocycles. The Labute approximate surface area is 154 Å². The van der Waals surface area contributed by atoms with E-state index in [0.717, 1.165) is 29.9 Å². The van der Waals surface area contributed by atoms with Crippen LogP contribution in [0.3, 0.4) is 0 Å². The van der Waals surface area contributed by atoms with Crippen molar-refractivity contribution in [3.63, 3.8) is 0 Å². The van der Waals surface area contributed by atoms with Gasteiger partial charge in [-0.25, -0.2) is 0 Å². The van der Waals surface area contributed by atoms with Crippen molar-refractivity contribution in [2.24, 2.45) is 11.7 Å². The lowest BCUT2D eigenvalue weighted by molar-refractivity contribution is -0.121. The van der Waals surface area contributed by atoms with Gasteiger partial charge in [0.2, 0.25) is 5.91 Å². The number of methoxy groups -OCH3 is 2. The van der Waals surface area contributed by atoms with Gasteiger partial charge in [-0.15, -0.1) is 24.2 Å². The molecule has 3 N–H and O–H groups in total. The summed E-state index contributed by atoms with van der Waals surface area (Å²) < 4.78 is 10.5. The number of carbonyl (C=O) groups excluding carboxylic acids is 1. The number of hydrogen-bond donors (Lipinski definition) is 2. The molecule has 1 fully saturated rings. The van der Waals surface area contributed by atoms with Crippen LogP contribution in [0.25, 0.3) is 0 Å². The molecule has 24 heavy (non-hydrogen) atoms. The first-order valence-corrected chi connectivity index (χ1v) is 9.00. The lowest BCUT2D eigenvalue weighted by atomic mass is 10.0. The summed E-state index contributed by atoms with van der Waals surface area (Å²) in [6.07, 6.45) is 3.85. The van der Waals surface area contributed by atoms with Crippen LogP contribution >= 0.6 is 24.2 Å². The van der Waals surface area contributed by atoms with Gasteiger partial charge in [0.25, 0.3) is 0 Å². The number of thioether (sulfide) groups is 1. The van der Waals surface area contributed by atoms with Gasteiger partial charge >= 0.3 is 0 Å². The number of benzene rings is 1. The van der Waals surface area contributed by atoms with E-state index in [2.05, 4.69) is 5.32 Å². The van der Waals surface area contributed by atoms with Crippen molar-refractivity contribution in [1.82, 2.24) is 5.32 Å². The van der Waals surface area contributed by atoms with Crippen molar-refractivity contribution in [2.45, 2.75) is 36.6 Å². The Morgan fingerprint density at radius 2 is 2.04 bits per heavy atom. The van der Waals surface area contributed by atoms with Crippen LogP contribution < -0.4 is 20.5 Å². The van der Waals surface area contributed by atoms with Crippen LogP contribution in [0.2, 0.25) is 0 Å². The van der Waals surface area contributed by atoms with Crippen molar-refractivity contribution in [2.75, 3.05) is 26.5 Å². The molecule has 1 aromatic rings. The first-order valence-electron chi connectivity index (χ1n) is 8.02. The number of nitrogens with two attached hydrogens (primary N) is 1. The van der Waals surface area contributed by atoms with E-state index in [1.54, 1.807) is 26.0 Å². The van der Waals surface area contributed by atoms with Crippen molar-refractivity contribution < 1.29 is 14.3 Å². The van der Waals surface area contributed by atoms with Gasteiger partial charge in [-0.3, -0.25) is 4.79 Å². The average Bonchev–Trinajstić information content (AvgIpc) is 3.01. The predicted molar refractivity (Wildman–Crippen MR) is 100 cm³/mol. The summed E-state index contributed by atoms with van der Waals surface area (Å²) in [7, 11) is 3.24. The Hall–Kier alpha value is -1.11. The second kappa shape index (κ2) is 10.7. The van der Waals surface area contributed by atoms with Gasteiger partial charge in [0.1, 0.15) is 0 Å². The Morgan fingerprint density at radius 1 is 1.29 bits per heavy atom. The van der Waals surface area contributed by atoms with Crippen molar-refractivity contribution in [3.8, 4) is 11.5 Å². The highest BCUT2D eigenvalue weighted by atomic mass is 35.5. The summed E-state index contributed by atoms with van der Waals surface area (Å²) >= 11 is 1.64. The molecule has 0 bridgehead atoms. The highest BCUT2D eigenvalue weighted by Gasteiger charge is 2.26. The van der Waals surface area contributed by atoms with Crippen LogP contribution in [-0.4, -0.2) is 38.5 Å². The average molecular weight is 375 g/mol. The minimum atomic E-state index is 0. The van der Waals surface area contributed by atoms with Crippen LogP contribution in [0, 0.1) is 5.92 Å². The Balaban J connectivity index is 0.00000288. The number of nitrogens with one attached hydrogen (secondary N) is 1. The normalized spacial score (nSPS) is 19.5. The van der Waals surface area contributed by atoms with E-state index in [-0.39, 0.29) is 24.4 Å². The molecular weight excluding hydrogens is 348 g/mol. The van der Waals surface area contributed by atoms with Crippen LogP contribution in [0.1, 0.15) is 25.7 Å². The first kappa shape index (κ1) is 20.9. The number of rotatable bonds is 8. The largest absolute Gasteiger partial charge is 0.493 e. The van der Waals surface area contributed by atoms with E-state index in [4.69, 9.17) is 15.2 Å². The second-order valence-corrected chi connectivity index (χ2v) is 6.88. The van der Waals surface area contributed by atoms with Gasteiger partial charge in [0, 0.05) is 23.1 Å². The molecule has 0 radical (unpaired) electrons. The smallest absolute Gasteiger partial charge is 0.221 e. The first-order chi connectivity index (χ1) is 11.2. The van der Waals surface area contributed by atoms with Crippen molar-refractivity contribution >= 4 is 30.1 Å². The van der Waals surface area contributed by atoms with Gasteiger partial charge in [-0.2, -0.15) is 0 Å². The Kier molecular flexibility index (Phi) is 9.33. The predicted octanol–water partition coefficient (Wildman–Crippen LogP) is 2.85. The minimum Gasteiger partial charge on any atom is -0.493 e. The lowest BCUT2D eigenvalue weighted by Crippen LogP contribution is -2.39. The summed E-state index contributed by atoms with van der Waals surface area (Å²) in [5.41, 5.74) is 5.75. The maximum atomic E-state index is 12.1. The molecule has 0 aliphatic heterocycles. The maximum Gasteiger partial charge on any atom is 0.221 e. The zero-order valence-corrected chi connectivity index (χ0v) is 15.9. The fourth-order valence-electron chi connectivity index (χ4n) is 2.96. The Bertz CT molecular complexity index is 531. The molecule has 136 valence electrons. The molecular formula is C17H27ClN2O3S. The quantitative estimate of drug-likeness (QED) is 0.684. The Morgan fingerprint density at radius 3 is 2.71 bits per heavy atom. The molecule has 0 saturated heterocycles. The second-order valence-electron chi connectivity index (χ2n) is 5.72. The van der Waals surface area contributed by atoms with Crippen LogP contribution in [0.4, 0.5) is 0 Å². The van der Waals surface area contributed by atoms with Gasteiger partial charge in [0.05, 0.1) is 14.2 Å². The summed E-state index contributed by atoms with van der Waals surface area (Å²) in [6, 6.07) is 6.05. The molecule has 0 aromatic heterocycles. The standard InChI is InChI=1S/C17H26N2O3S.ClH/c1-21-15-7-6-13(10-16(15)22-2)23-9-8-17(20)19-14-5-3-4-12(14)11-18;/h6-7,10,12,14H,3-5,8-9,11,18H2,1-2H3,(H,19,20);1H. The van der Waals surface area contributed by atoms with Crippen LogP contribution in [-0.2, 0) is 4.79 Å². The van der Waals surface area contributed by atoms with Gasteiger partial charge < -0.3 is 20.5 Å². The van der Waals surface area contributed by atoms with E-state index in [0.29, 0.717) is 30.4 Å². The third-order valence-corrected chi connectivity index (χ3v) is 5.26. The van der Waals surface area contributed by atoms with Crippen molar-refractivity contribution in [3.05, 3.63) is 18.2 Å². The SMILES string of the molecule is COc1ccc(SCCC(=O)NC2CCCC2CN)cc1OC.Cl. The van der Waals surface area contributed by atoms with E-state index >= 15 is 0 Å². The molecule has 1 saturated carbocycles. The van der Waals surface area contributed by atoms with E-state index in [1.807, 2.05) is 18.2 Å². The fraction of sp³-hybridized carbons (Fsp3) is 0.588. The fourth-order valence-corrected chi connectivity index (χ4v) is 3.83. The molecule has 7 heteroatoms. The van der Waals surface area contributed by atoms with Crippen molar-refractivity contribution in [1.29, 1.82) is 0 Å². The molecule has 1 aromatic carbocycles. The number of halogens is 1. The topological polar surface area (TPSA) is 73.6 Å². The summed E-state index contributed by atoms with van der Waals surface area (Å²) in [5.74, 6) is 2.71. The third-order valence-electron chi connectivity index (χ3n) is 4.26. The zero-order valence-electron chi connectivity index (χ0n) is 14.2. The van der Waals surface area contributed by atoms with E-state index in [1.165, 1.54) is 0 Å². The number of amides is 1.